The topological polar surface area (TPSA) is 24.9 Å². The molecule has 7 rings (SSSR count). The number of anilines is 2. The summed E-state index contributed by atoms with van der Waals surface area (Å²) in [7, 11) is 0. The Morgan fingerprint density at radius 2 is 1.53 bits per heavy atom. The highest BCUT2D eigenvalue weighted by Gasteiger charge is 2.23. The summed E-state index contributed by atoms with van der Waals surface area (Å²) in [6.07, 6.45) is 1.94. The molecule has 3 heteroatoms. The molecule has 34 heavy (non-hydrogen) atoms. The summed E-state index contributed by atoms with van der Waals surface area (Å²) < 4.78 is 2.67. The molecule has 0 saturated carbocycles. The number of hydrogen-bond acceptors (Lipinski definition) is 3. The largest absolute Gasteiger partial charge is 0.355 e. The summed E-state index contributed by atoms with van der Waals surface area (Å²) in [5.41, 5.74) is 12.0. The van der Waals surface area contributed by atoms with Crippen LogP contribution >= 0.6 is 11.3 Å². The van der Waals surface area contributed by atoms with E-state index in [4.69, 9.17) is 4.98 Å². The molecule has 0 unspecified atom stereocenters. The number of aryl methyl sites for hydroxylation is 1. The number of fused-ring (bicyclic) bond motifs is 10. The van der Waals surface area contributed by atoms with Crippen molar-refractivity contribution in [3.8, 4) is 33.5 Å². The summed E-state index contributed by atoms with van der Waals surface area (Å²) in [5.74, 6) is 0. The van der Waals surface area contributed by atoms with Gasteiger partial charge in [0.2, 0.25) is 0 Å². The summed E-state index contributed by atoms with van der Waals surface area (Å²) in [5, 5.41) is 6.41. The van der Waals surface area contributed by atoms with Gasteiger partial charge in [0, 0.05) is 60.0 Å². The Balaban J connectivity index is 1.62. The van der Waals surface area contributed by atoms with Crippen molar-refractivity contribution in [2.24, 2.45) is 0 Å². The standard InChI is InChI=1S/C31H22N2S/c1-18-11-13-26(32-17-18)20-12-14-28-25(15-20)30-19(2)23(21-7-3-5-9-27(21)33-28)16-24-22-8-4-6-10-29(22)34-31(24)30/h3-17,33H,1-2H3. The van der Waals surface area contributed by atoms with Crippen molar-refractivity contribution in [2.75, 3.05) is 5.32 Å². The van der Waals surface area contributed by atoms with Gasteiger partial charge in [0.15, 0.2) is 0 Å². The van der Waals surface area contributed by atoms with Crippen LogP contribution in [0.1, 0.15) is 11.1 Å². The number of hydrogen-bond donors (Lipinski definition) is 1. The molecule has 0 amide bonds. The fourth-order valence-electron chi connectivity index (χ4n) is 5.19. The Hall–Kier alpha value is -3.95. The molecule has 0 radical (unpaired) electrons. The molecule has 0 atom stereocenters. The first kappa shape index (κ1) is 19.5. The van der Waals surface area contributed by atoms with E-state index >= 15 is 0 Å². The van der Waals surface area contributed by atoms with Crippen LogP contribution < -0.4 is 5.32 Å². The predicted molar refractivity (Wildman–Crippen MR) is 146 cm³/mol. The molecule has 162 valence electrons. The van der Waals surface area contributed by atoms with Gasteiger partial charge in [-0.15, -0.1) is 11.3 Å². The second kappa shape index (κ2) is 7.28. The summed E-state index contributed by atoms with van der Waals surface area (Å²) >= 11 is 1.89. The average Bonchev–Trinajstić information content (AvgIpc) is 3.23. The van der Waals surface area contributed by atoms with Crippen molar-refractivity contribution in [2.45, 2.75) is 13.8 Å². The smallest absolute Gasteiger partial charge is 0.0702 e. The Labute approximate surface area is 202 Å². The fraction of sp³-hybridized carbons (Fsp3) is 0.0645. The van der Waals surface area contributed by atoms with Gasteiger partial charge in [-0.2, -0.15) is 0 Å². The number of benzene rings is 4. The highest BCUT2D eigenvalue weighted by atomic mass is 32.1. The van der Waals surface area contributed by atoms with Crippen LogP contribution in [0.2, 0.25) is 0 Å². The van der Waals surface area contributed by atoms with Crippen molar-refractivity contribution in [1.82, 2.24) is 4.98 Å². The molecular formula is C31H22N2S. The zero-order chi connectivity index (χ0) is 22.8. The van der Waals surface area contributed by atoms with Crippen molar-refractivity contribution in [3.05, 3.63) is 102 Å². The van der Waals surface area contributed by atoms with E-state index in [9.17, 15) is 0 Å². The van der Waals surface area contributed by atoms with Crippen molar-refractivity contribution >= 4 is 42.9 Å². The van der Waals surface area contributed by atoms with E-state index in [1.165, 1.54) is 53.6 Å². The third-order valence-corrected chi connectivity index (χ3v) is 8.12. The number of pyridine rings is 1. The summed E-state index contributed by atoms with van der Waals surface area (Å²) in [6, 6.07) is 30.7. The molecule has 0 saturated heterocycles. The minimum atomic E-state index is 0.997. The number of nitrogens with one attached hydrogen (secondary N) is 1. The molecule has 1 aliphatic rings. The Morgan fingerprint density at radius 3 is 2.41 bits per heavy atom. The summed E-state index contributed by atoms with van der Waals surface area (Å²) in [4.78, 5) is 4.71. The van der Waals surface area contributed by atoms with Gasteiger partial charge in [0.1, 0.15) is 0 Å². The predicted octanol–water partition coefficient (Wildman–Crippen LogP) is 9.12. The van der Waals surface area contributed by atoms with E-state index in [1.807, 2.05) is 17.5 Å². The van der Waals surface area contributed by atoms with Crippen LogP contribution in [0, 0.1) is 13.8 Å². The van der Waals surface area contributed by atoms with E-state index in [1.54, 1.807) is 0 Å². The second-order valence-corrected chi connectivity index (χ2v) is 10.1. The highest BCUT2D eigenvalue weighted by molar-refractivity contribution is 7.26. The third kappa shape index (κ3) is 2.84. The quantitative estimate of drug-likeness (QED) is 0.267. The highest BCUT2D eigenvalue weighted by Crippen LogP contribution is 2.50. The van der Waals surface area contributed by atoms with Crippen LogP contribution in [0.3, 0.4) is 0 Å². The number of para-hydroxylation sites is 1. The summed E-state index contributed by atoms with van der Waals surface area (Å²) in [6.45, 7) is 4.35. The molecule has 2 nitrogen and oxygen atoms in total. The van der Waals surface area contributed by atoms with Gasteiger partial charge in [0.25, 0.3) is 0 Å². The van der Waals surface area contributed by atoms with Crippen LogP contribution in [0.5, 0.6) is 0 Å². The second-order valence-electron chi connectivity index (χ2n) is 9.05. The van der Waals surface area contributed by atoms with Crippen molar-refractivity contribution < 1.29 is 0 Å². The zero-order valence-corrected chi connectivity index (χ0v) is 19.8. The molecule has 2 bridgehead atoms. The molecule has 0 fully saturated rings. The molecule has 1 aliphatic heterocycles. The molecule has 4 aromatic carbocycles. The lowest BCUT2D eigenvalue weighted by molar-refractivity contribution is 1.27. The number of aromatic nitrogens is 1. The number of nitrogens with zero attached hydrogens (tertiary/aromatic N) is 1. The van der Waals surface area contributed by atoms with Gasteiger partial charge >= 0.3 is 0 Å². The number of rotatable bonds is 1. The molecule has 6 aromatic rings. The SMILES string of the molecule is Cc1ccc(-c2ccc3c(c2)-c2c(C)c(cc4c2sc2ccccc24)-c2ccccc2N3)nc1. The maximum atomic E-state index is 4.71. The number of thiophene rings is 1. The first-order valence-electron chi connectivity index (χ1n) is 11.6. The Bertz CT molecular complexity index is 1740. The zero-order valence-electron chi connectivity index (χ0n) is 19.0. The van der Waals surface area contributed by atoms with E-state index in [-0.39, 0.29) is 0 Å². The lowest BCUT2D eigenvalue weighted by Gasteiger charge is -2.24. The molecule has 3 heterocycles. The fourth-order valence-corrected chi connectivity index (χ4v) is 6.48. The Morgan fingerprint density at radius 1 is 0.706 bits per heavy atom. The maximum absolute atomic E-state index is 4.71. The van der Waals surface area contributed by atoms with E-state index in [0.717, 1.165) is 22.6 Å². The lowest BCUT2D eigenvalue weighted by atomic mass is 9.87. The normalized spacial score (nSPS) is 12.1. The first-order valence-corrected chi connectivity index (χ1v) is 12.4. The van der Waals surface area contributed by atoms with E-state index < -0.39 is 0 Å². The molecule has 0 spiro atoms. The van der Waals surface area contributed by atoms with Gasteiger partial charge in [-0.25, -0.2) is 0 Å². The minimum absolute atomic E-state index is 0.997. The van der Waals surface area contributed by atoms with Crippen molar-refractivity contribution in [1.29, 1.82) is 0 Å². The van der Waals surface area contributed by atoms with Gasteiger partial charge in [-0.05, 0) is 66.9 Å². The first-order chi connectivity index (χ1) is 16.7. The molecular weight excluding hydrogens is 432 g/mol. The van der Waals surface area contributed by atoms with Crippen molar-refractivity contribution in [3.63, 3.8) is 0 Å². The van der Waals surface area contributed by atoms with Gasteiger partial charge in [-0.3, -0.25) is 4.98 Å². The lowest BCUT2D eigenvalue weighted by Crippen LogP contribution is -2.02. The monoisotopic (exact) mass is 454 g/mol. The van der Waals surface area contributed by atoms with Crippen LogP contribution in [0.15, 0.2) is 91.1 Å². The van der Waals surface area contributed by atoms with Crippen LogP contribution in [-0.2, 0) is 0 Å². The molecule has 2 aromatic heterocycles. The maximum Gasteiger partial charge on any atom is 0.0702 e. The van der Waals surface area contributed by atoms with Crippen LogP contribution in [-0.4, -0.2) is 4.98 Å². The minimum Gasteiger partial charge on any atom is -0.355 e. The Kier molecular flexibility index (Phi) is 4.18. The van der Waals surface area contributed by atoms with Crippen LogP contribution in [0.25, 0.3) is 53.7 Å². The van der Waals surface area contributed by atoms with Gasteiger partial charge in [-0.1, -0.05) is 48.5 Å². The molecule has 1 N–H and O–H groups in total. The van der Waals surface area contributed by atoms with Crippen LogP contribution in [0.4, 0.5) is 11.4 Å². The van der Waals surface area contributed by atoms with E-state index in [2.05, 4.69) is 104 Å². The average molecular weight is 455 g/mol. The van der Waals surface area contributed by atoms with E-state index in [0.29, 0.717) is 0 Å². The van der Waals surface area contributed by atoms with Gasteiger partial charge in [0.05, 0.1) is 5.69 Å². The molecule has 0 aliphatic carbocycles. The van der Waals surface area contributed by atoms with Gasteiger partial charge < -0.3 is 5.32 Å². The third-order valence-electron chi connectivity index (χ3n) is 6.91.